The largest absolute Gasteiger partial charge is 0.284 e. The number of halogens is 1. The van der Waals surface area contributed by atoms with Gasteiger partial charge >= 0.3 is 0 Å². The Morgan fingerprint density at radius 3 is 2.55 bits per heavy atom. The van der Waals surface area contributed by atoms with Gasteiger partial charge in [0.15, 0.2) is 0 Å². The lowest BCUT2D eigenvalue weighted by Crippen LogP contribution is -2.18. The van der Waals surface area contributed by atoms with Crippen LogP contribution in [0.3, 0.4) is 0 Å². The van der Waals surface area contributed by atoms with Crippen molar-refractivity contribution in [2.24, 2.45) is 0 Å². The number of benzene rings is 1. The van der Waals surface area contributed by atoms with Crippen LogP contribution in [-0.2, 0) is 16.4 Å². The smallest absolute Gasteiger partial charge is 0.233 e. The molecule has 0 saturated carbocycles. The second kappa shape index (κ2) is 6.37. The second-order valence-electron chi connectivity index (χ2n) is 4.49. The van der Waals surface area contributed by atoms with Gasteiger partial charge in [0.2, 0.25) is 10.0 Å². The van der Waals surface area contributed by atoms with E-state index >= 15 is 0 Å². The number of hydrogen-bond acceptors (Lipinski definition) is 3. The Bertz CT molecular complexity index is 688. The molecule has 20 heavy (non-hydrogen) atoms. The highest BCUT2D eigenvalue weighted by atomic mass is 79.9. The third-order valence-corrected chi connectivity index (χ3v) is 5.00. The zero-order valence-electron chi connectivity index (χ0n) is 11.0. The van der Waals surface area contributed by atoms with Crippen molar-refractivity contribution in [2.45, 2.75) is 13.3 Å². The molecule has 1 aromatic heterocycles. The Labute approximate surface area is 127 Å². The second-order valence-corrected chi connectivity index (χ2v) is 7.19. The van der Waals surface area contributed by atoms with Gasteiger partial charge in [-0.25, -0.2) is 8.42 Å². The number of rotatable bonds is 5. The van der Waals surface area contributed by atoms with Gasteiger partial charge in [-0.1, -0.05) is 22.0 Å². The summed E-state index contributed by atoms with van der Waals surface area (Å²) in [6.45, 7) is 1.95. The van der Waals surface area contributed by atoms with E-state index in [0.717, 1.165) is 15.6 Å². The maximum Gasteiger partial charge on any atom is 0.233 e. The van der Waals surface area contributed by atoms with Crippen molar-refractivity contribution in [2.75, 3.05) is 10.5 Å². The number of aromatic nitrogens is 1. The Hall–Kier alpha value is -1.40. The van der Waals surface area contributed by atoms with Crippen LogP contribution in [0.4, 0.5) is 5.69 Å². The van der Waals surface area contributed by atoms with E-state index in [1.807, 2.05) is 25.1 Å². The van der Waals surface area contributed by atoms with Gasteiger partial charge in [0, 0.05) is 22.6 Å². The molecule has 0 bridgehead atoms. The van der Waals surface area contributed by atoms with Crippen LogP contribution in [0.5, 0.6) is 0 Å². The standard InChI is InChI=1S/C14H15BrN2O2S/c1-11-2-3-13(10-14(11)15)17-20(18,19)9-6-12-4-7-16-8-5-12/h2-5,7-8,10,17H,6,9H2,1H3. The van der Waals surface area contributed by atoms with E-state index in [-0.39, 0.29) is 5.75 Å². The van der Waals surface area contributed by atoms with Crippen LogP contribution in [0.15, 0.2) is 47.2 Å². The van der Waals surface area contributed by atoms with E-state index in [1.54, 1.807) is 24.5 Å². The van der Waals surface area contributed by atoms with Gasteiger partial charge in [-0.15, -0.1) is 0 Å². The van der Waals surface area contributed by atoms with E-state index in [1.165, 1.54) is 0 Å². The van der Waals surface area contributed by atoms with Crippen LogP contribution in [-0.4, -0.2) is 19.2 Å². The van der Waals surface area contributed by atoms with Gasteiger partial charge in [-0.05, 0) is 48.7 Å². The summed E-state index contributed by atoms with van der Waals surface area (Å²) in [4.78, 5) is 3.91. The number of anilines is 1. The molecule has 6 heteroatoms. The van der Waals surface area contributed by atoms with E-state index in [0.29, 0.717) is 12.1 Å². The molecular formula is C14H15BrN2O2S. The highest BCUT2D eigenvalue weighted by Crippen LogP contribution is 2.21. The van der Waals surface area contributed by atoms with Crippen molar-refractivity contribution in [1.82, 2.24) is 4.98 Å². The summed E-state index contributed by atoms with van der Waals surface area (Å²) in [5.41, 5.74) is 2.58. The van der Waals surface area contributed by atoms with Crippen molar-refractivity contribution in [1.29, 1.82) is 0 Å². The van der Waals surface area contributed by atoms with E-state index in [2.05, 4.69) is 25.6 Å². The summed E-state index contributed by atoms with van der Waals surface area (Å²) in [6, 6.07) is 9.02. The van der Waals surface area contributed by atoms with Crippen LogP contribution in [0.1, 0.15) is 11.1 Å². The highest BCUT2D eigenvalue weighted by Gasteiger charge is 2.11. The minimum Gasteiger partial charge on any atom is -0.284 e. The van der Waals surface area contributed by atoms with Gasteiger partial charge in [-0.2, -0.15) is 0 Å². The maximum atomic E-state index is 12.0. The first-order valence-electron chi connectivity index (χ1n) is 6.12. The number of aryl methyl sites for hydroxylation is 2. The molecule has 0 saturated heterocycles. The summed E-state index contributed by atoms with van der Waals surface area (Å²) in [6.07, 6.45) is 3.78. The van der Waals surface area contributed by atoms with Crippen LogP contribution in [0.25, 0.3) is 0 Å². The summed E-state index contributed by atoms with van der Waals surface area (Å²) < 4.78 is 27.5. The van der Waals surface area contributed by atoms with Gasteiger partial charge in [-0.3, -0.25) is 9.71 Å². The molecule has 0 fully saturated rings. The molecule has 2 rings (SSSR count). The van der Waals surface area contributed by atoms with Crippen LogP contribution in [0.2, 0.25) is 0 Å². The van der Waals surface area contributed by atoms with Gasteiger partial charge in [0.05, 0.1) is 5.75 Å². The molecular weight excluding hydrogens is 340 g/mol. The minimum atomic E-state index is -3.35. The molecule has 1 N–H and O–H groups in total. The zero-order valence-corrected chi connectivity index (χ0v) is 13.4. The number of sulfonamides is 1. The molecule has 0 aliphatic rings. The van der Waals surface area contributed by atoms with Crippen molar-refractivity contribution in [3.05, 3.63) is 58.3 Å². The third-order valence-electron chi connectivity index (χ3n) is 2.85. The molecule has 0 aliphatic heterocycles. The molecule has 1 heterocycles. The Morgan fingerprint density at radius 1 is 1.20 bits per heavy atom. The third kappa shape index (κ3) is 4.31. The van der Waals surface area contributed by atoms with Crippen LogP contribution < -0.4 is 4.72 Å². The number of hydrogen-bond donors (Lipinski definition) is 1. The Morgan fingerprint density at radius 2 is 1.90 bits per heavy atom. The lowest BCUT2D eigenvalue weighted by molar-refractivity contribution is 0.600. The van der Waals surface area contributed by atoms with Crippen molar-refractivity contribution >= 4 is 31.6 Å². The van der Waals surface area contributed by atoms with Crippen LogP contribution >= 0.6 is 15.9 Å². The van der Waals surface area contributed by atoms with Crippen LogP contribution in [0, 0.1) is 6.92 Å². The predicted molar refractivity (Wildman–Crippen MR) is 84.2 cm³/mol. The first-order valence-corrected chi connectivity index (χ1v) is 8.56. The van der Waals surface area contributed by atoms with E-state index < -0.39 is 10.0 Å². The molecule has 106 valence electrons. The molecule has 2 aromatic rings. The quantitative estimate of drug-likeness (QED) is 0.897. The van der Waals surface area contributed by atoms with Crippen molar-refractivity contribution in [3.63, 3.8) is 0 Å². The van der Waals surface area contributed by atoms with Gasteiger partial charge in [0.1, 0.15) is 0 Å². The topological polar surface area (TPSA) is 59.1 Å². The Balaban J connectivity index is 2.02. The number of pyridine rings is 1. The zero-order chi connectivity index (χ0) is 14.6. The first-order chi connectivity index (χ1) is 9.46. The average molecular weight is 355 g/mol. The first kappa shape index (κ1) is 15.0. The van der Waals surface area contributed by atoms with E-state index in [9.17, 15) is 8.42 Å². The molecule has 0 spiro atoms. The fourth-order valence-electron chi connectivity index (χ4n) is 1.69. The average Bonchev–Trinajstić information content (AvgIpc) is 2.42. The molecule has 0 unspecified atom stereocenters. The lowest BCUT2D eigenvalue weighted by atomic mass is 10.2. The van der Waals surface area contributed by atoms with Gasteiger partial charge < -0.3 is 0 Å². The molecule has 0 amide bonds. The minimum absolute atomic E-state index is 0.0442. The summed E-state index contributed by atoms with van der Waals surface area (Å²) >= 11 is 3.39. The molecule has 1 aromatic carbocycles. The molecule has 0 atom stereocenters. The number of nitrogens with one attached hydrogen (secondary N) is 1. The summed E-state index contributed by atoms with van der Waals surface area (Å²) in [7, 11) is -3.35. The highest BCUT2D eigenvalue weighted by molar-refractivity contribution is 9.10. The SMILES string of the molecule is Cc1ccc(NS(=O)(=O)CCc2ccncc2)cc1Br. The monoisotopic (exact) mass is 354 g/mol. The maximum absolute atomic E-state index is 12.0. The van der Waals surface area contributed by atoms with E-state index in [4.69, 9.17) is 0 Å². The fraction of sp³-hybridized carbons (Fsp3) is 0.214. The summed E-state index contributed by atoms with van der Waals surface area (Å²) in [5, 5.41) is 0. The number of nitrogens with zero attached hydrogens (tertiary/aromatic N) is 1. The molecule has 4 nitrogen and oxygen atoms in total. The molecule has 0 aliphatic carbocycles. The summed E-state index contributed by atoms with van der Waals surface area (Å²) in [5.74, 6) is 0.0442. The molecule has 0 radical (unpaired) electrons. The van der Waals surface area contributed by atoms with Gasteiger partial charge in [0.25, 0.3) is 0 Å². The lowest BCUT2D eigenvalue weighted by Gasteiger charge is -2.09. The predicted octanol–water partition coefficient (Wildman–Crippen LogP) is 3.14. The normalized spacial score (nSPS) is 11.3. The fourth-order valence-corrected chi connectivity index (χ4v) is 3.16. The van der Waals surface area contributed by atoms with Crippen molar-refractivity contribution in [3.8, 4) is 0 Å². The van der Waals surface area contributed by atoms with Crippen molar-refractivity contribution < 1.29 is 8.42 Å². The Kier molecular flexibility index (Phi) is 4.77.